The SMILES string of the molecule is c1ccc(N(c2ccc3c4ccccc4c4ccccc4c3c2)c2cc3c(cc2-c2ccc4c(c2)c2c5ccccc5ccc2n4-c2ccccc2)-c2ccccc2C32c3ccccc3-c3ccccc32)cc1. The summed E-state index contributed by atoms with van der Waals surface area (Å²) in [6.07, 6.45) is 0. The zero-order chi connectivity index (χ0) is 47.8. The lowest BCUT2D eigenvalue weighted by molar-refractivity contribution is 0.794. The summed E-state index contributed by atoms with van der Waals surface area (Å²) in [4.78, 5) is 2.54. The van der Waals surface area contributed by atoms with Crippen molar-refractivity contribution >= 4 is 82.0 Å². The third-order valence-corrected chi connectivity index (χ3v) is 16.3. The van der Waals surface area contributed by atoms with E-state index in [4.69, 9.17) is 0 Å². The number of nitrogens with zero attached hydrogens (tertiary/aromatic N) is 2. The molecule has 0 N–H and O–H groups in total. The van der Waals surface area contributed by atoms with Gasteiger partial charge in [-0.25, -0.2) is 0 Å². The highest BCUT2D eigenvalue weighted by molar-refractivity contribution is 6.26. The molecule has 0 unspecified atom stereocenters. The minimum Gasteiger partial charge on any atom is -0.310 e. The zero-order valence-corrected chi connectivity index (χ0v) is 39.8. The predicted molar refractivity (Wildman–Crippen MR) is 307 cm³/mol. The number of rotatable bonds is 5. The van der Waals surface area contributed by atoms with Gasteiger partial charge in [0.1, 0.15) is 0 Å². The summed E-state index contributed by atoms with van der Waals surface area (Å²) in [6, 6.07) is 100. The maximum atomic E-state index is 2.58. The highest BCUT2D eigenvalue weighted by Gasteiger charge is 2.52. The van der Waals surface area contributed by atoms with Gasteiger partial charge in [-0.15, -0.1) is 0 Å². The molecule has 0 atom stereocenters. The predicted octanol–water partition coefficient (Wildman–Crippen LogP) is 18.9. The Hall–Kier alpha value is -9.50. The molecule has 73 heavy (non-hydrogen) atoms. The van der Waals surface area contributed by atoms with Crippen molar-refractivity contribution in [1.82, 2.24) is 4.57 Å². The van der Waals surface area contributed by atoms with E-state index in [-0.39, 0.29) is 0 Å². The number of hydrogen-bond donors (Lipinski definition) is 0. The molecule has 0 radical (unpaired) electrons. The van der Waals surface area contributed by atoms with Gasteiger partial charge in [-0.1, -0.05) is 200 Å². The van der Waals surface area contributed by atoms with Crippen molar-refractivity contribution < 1.29 is 0 Å². The third kappa shape index (κ3) is 5.52. The Morgan fingerprint density at radius 2 is 0.808 bits per heavy atom. The minimum atomic E-state index is -0.529. The largest absolute Gasteiger partial charge is 0.310 e. The first-order valence-electron chi connectivity index (χ1n) is 25.4. The lowest BCUT2D eigenvalue weighted by Gasteiger charge is -2.33. The lowest BCUT2D eigenvalue weighted by atomic mass is 9.70. The Kier molecular flexibility index (Phi) is 8.41. The van der Waals surface area contributed by atoms with Crippen molar-refractivity contribution in [1.29, 1.82) is 0 Å². The molecule has 0 fully saturated rings. The third-order valence-electron chi connectivity index (χ3n) is 16.3. The number of anilines is 3. The fourth-order valence-electron chi connectivity index (χ4n) is 13.4. The number of fused-ring (bicyclic) bond motifs is 21. The van der Waals surface area contributed by atoms with Gasteiger partial charge in [0.2, 0.25) is 0 Å². The van der Waals surface area contributed by atoms with E-state index in [0.717, 1.165) is 28.3 Å². The second kappa shape index (κ2) is 15.3. The summed E-state index contributed by atoms with van der Waals surface area (Å²) in [5.41, 5.74) is 19.1. The Morgan fingerprint density at radius 3 is 1.47 bits per heavy atom. The molecule has 2 aliphatic carbocycles. The standard InChI is InChI=1S/C71H44N2/c1-3-20-47(21-4-1)72(49-37-38-55-53-27-10-9-25-51(53)52-26-11-12-28-54(52)60(55)42-49)69-44-66-61(58-31-15-18-34-65(58)71(66)63-32-16-13-29-56(63)57-30-14-17-33-64(57)71)43-59(69)46-36-39-67-62(41-46)70-50-24-8-7-19-45(50)35-40-68(70)73(67)48-22-5-2-6-23-48/h1-44H. The Labute approximate surface area is 422 Å². The van der Waals surface area contributed by atoms with Crippen molar-refractivity contribution in [3.05, 3.63) is 289 Å². The Bertz CT molecular complexity index is 4540. The molecule has 1 heterocycles. The van der Waals surface area contributed by atoms with Gasteiger partial charge in [0.15, 0.2) is 0 Å². The van der Waals surface area contributed by atoms with Crippen LogP contribution in [0.4, 0.5) is 17.1 Å². The highest BCUT2D eigenvalue weighted by Crippen LogP contribution is 2.64. The van der Waals surface area contributed by atoms with Gasteiger partial charge in [-0.05, 0) is 160 Å². The highest BCUT2D eigenvalue weighted by atomic mass is 15.1. The van der Waals surface area contributed by atoms with E-state index in [0.29, 0.717) is 0 Å². The van der Waals surface area contributed by atoms with E-state index in [1.165, 1.54) is 115 Å². The van der Waals surface area contributed by atoms with Crippen LogP contribution in [0.2, 0.25) is 0 Å². The van der Waals surface area contributed by atoms with Crippen LogP contribution in [-0.2, 0) is 5.41 Å². The van der Waals surface area contributed by atoms with E-state index >= 15 is 0 Å². The monoisotopic (exact) mass is 924 g/mol. The average molecular weight is 925 g/mol. The number of para-hydroxylation sites is 2. The first-order chi connectivity index (χ1) is 36.2. The van der Waals surface area contributed by atoms with Gasteiger partial charge < -0.3 is 9.47 Å². The Morgan fingerprint density at radius 1 is 0.288 bits per heavy atom. The van der Waals surface area contributed by atoms with Crippen molar-refractivity contribution in [3.8, 4) is 39.1 Å². The van der Waals surface area contributed by atoms with Crippen LogP contribution in [0.5, 0.6) is 0 Å². The molecule has 1 spiro atoms. The molecule has 14 aromatic rings. The van der Waals surface area contributed by atoms with Crippen molar-refractivity contribution in [2.45, 2.75) is 5.41 Å². The molecule has 0 saturated heterocycles. The average Bonchev–Trinajstić information content (AvgIpc) is 4.08. The second-order valence-electron chi connectivity index (χ2n) is 19.9. The van der Waals surface area contributed by atoms with Crippen molar-refractivity contribution in [2.75, 3.05) is 4.90 Å². The molecule has 0 bridgehead atoms. The van der Waals surface area contributed by atoms with Crippen LogP contribution >= 0.6 is 0 Å². The number of benzene rings is 13. The van der Waals surface area contributed by atoms with Crippen molar-refractivity contribution in [3.63, 3.8) is 0 Å². The van der Waals surface area contributed by atoms with Crippen LogP contribution in [0.1, 0.15) is 22.3 Å². The summed E-state index contributed by atoms with van der Waals surface area (Å²) in [5, 5.41) is 12.5. The fourth-order valence-corrected chi connectivity index (χ4v) is 13.4. The molecule has 13 aromatic carbocycles. The van der Waals surface area contributed by atoms with Crippen molar-refractivity contribution in [2.24, 2.45) is 0 Å². The maximum absolute atomic E-state index is 2.58. The number of hydrogen-bond acceptors (Lipinski definition) is 1. The van der Waals surface area contributed by atoms with Crippen LogP contribution < -0.4 is 4.90 Å². The minimum absolute atomic E-state index is 0.529. The van der Waals surface area contributed by atoms with Gasteiger partial charge in [0.05, 0.1) is 22.1 Å². The summed E-state index contributed by atoms with van der Waals surface area (Å²) < 4.78 is 2.44. The summed E-state index contributed by atoms with van der Waals surface area (Å²) >= 11 is 0. The van der Waals surface area contributed by atoms with E-state index in [2.05, 4.69) is 276 Å². The molecule has 2 aliphatic rings. The quantitative estimate of drug-likeness (QED) is 0.156. The van der Waals surface area contributed by atoms with Gasteiger partial charge in [0.25, 0.3) is 0 Å². The molecular formula is C71H44N2. The van der Waals surface area contributed by atoms with Crippen LogP contribution in [0, 0.1) is 0 Å². The van der Waals surface area contributed by atoms with E-state index in [1.54, 1.807) is 0 Å². The van der Waals surface area contributed by atoms with Crippen LogP contribution in [0.15, 0.2) is 267 Å². The molecule has 0 amide bonds. The topological polar surface area (TPSA) is 8.17 Å². The van der Waals surface area contributed by atoms with E-state index in [9.17, 15) is 0 Å². The van der Waals surface area contributed by atoms with E-state index in [1.807, 2.05) is 0 Å². The molecule has 338 valence electrons. The summed E-state index contributed by atoms with van der Waals surface area (Å²) in [6.45, 7) is 0. The second-order valence-corrected chi connectivity index (χ2v) is 19.9. The first-order valence-corrected chi connectivity index (χ1v) is 25.4. The molecule has 16 rings (SSSR count). The fraction of sp³-hybridized carbons (Fsp3) is 0.0141. The van der Waals surface area contributed by atoms with E-state index < -0.39 is 5.41 Å². The molecule has 0 aliphatic heterocycles. The van der Waals surface area contributed by atoms with Gasteiger partial charge in [-0.3, -0.25) is 0 Å². The molecule has 0 saturated carbocycles. The van der Waals surface area contributed by atoms with Gasteiger partial charge in [-0.2, -0.15) is 0 Å². The number of aromatic nitrogens is 1. The molecule has 2 nitrogen and oxygen atoms in total. The molecule has 1 aromatic heterocycles. The van der Waals surface area contributed by atoms with Gasteiger partial charge >= 0.3 is 0 Å². The summed E-state index contributed by atoms with van der Waals surface area (Å²) in [5.74, 6) is 0. The molecular weight excluding hydrogens is 881 g/mol. The first kappa shape index (κ1) is 40.3. The van der Waals surface area contributed by atoms with Gasteiger partial charge in [0, 0.05) is 33.4 Å². The lowest BCUT2D eigenvalue weighted by Crippen LogP contribution is -2.26. The van der Waals surface area contributed by atoms with Crippen LogP contribution in [0.25, 0.3) is 104 Å². The smallest absolute Gasteiger partial charge is 0.0726 e. The van der Waals surface area contributed by atoms with Crippen LogP contribution in [-0.4, -0.2) is 4.57 Å². The normalized spacial score (nSPS) is 13.0. The zero-order valence-electron chi connectivity index (χ0n) is 39.8. The maximum Gasteiger partial charge on any atom is 0.0726 e. The molecule has 2 heteroatoms. The summed E-state index contributed by atoms with van der Waals surface area (Å²) in [7, 11) is 0. The van der Waals surface area contributed by atoms with Crippen LogP contribution in [0.3, 0.4) is 0 Å². The Balaban J connectivity index is 1.05.